The summed E-state index contributed by atoms with van der Waals surface area (Å²) in [7, 11) is 0. The van der Waals surface area contributed by atoms with Crippen molar-refractivity contribution in [3.8, 4) is 0 Å². The lowest BCUT2D eigenvalue weighted by atomic mass is 10.2. The van der Waals surface area contributed by atoms with E-state index in [9.17, 15) is 9.59 Å². The van der Waals surface area contributed by atoms with Crippen LogP contribution in [0.25, 0.3) is 0 Å². The van der Waals surface area contributed by atoms with Gasteiger partial charge in [-0.2, -0.15) is 0 Å². The zero-order valence-corrected chi connectivity index (χ0v) is 12.3. The number of carboxylic acid groups (broad SMARTS) is 1. The monoisotopic (exact) mass is 328 g/mol. The Bertz CT molecular complexity index is 451. The molecule has 0 aliphatic carbocycles. The fourth-order valence-corrected chi connectivity index (χ4v) is 1.98. The van der Waals surface area contributed by atoms with Crippen molar-refractivity contribution >= 4 is 27.9 Å². The van der Waals surface area contributed by atoms with Gasteiger partial charge in [0.1, 0.15) is 0 Å². The maximum absolute atomic E-state index is 11.9. The smallest absolute Gasteiger partial charge is 0.317 e. The molecule has 19 heavy (non-hydrogen) atoms. The molecular weight excluding hydrogens is 312 g/mol. The molecule has 2 amide bonds. The Morgan fingerprint density at radius 1 is 1.37 bits per heavy atom. The lowest BCUT2D eigenvalue weighted by Crippen LogP contribution is -2.40. The first-order valence-electron chi connectivity index (χ1n) is 6.02. The van der Waals surface area contributed by atoms with Crippen LogP contribution >= 0.6 is 15.9 Å². The quantitative estimate of drug-likeness (QED) is 0.842. The van der Waals surface area contributed by atoms with Crippen LogP contribution in [-0.4, -0.2) is 35.1 Å². The third-order valence-corrected chi connectivity index (χ3v) is 3.43. The molecule has 0 atom stereocenters. The first-order chi connectivity index (χ1) is 9.04. The molecule has 0 fully saturated rings. The summed E-state index contributed by atoms with van der Waals surface area (Å²) >= 11 is 3.41. The lowest BCUT2D eigenvalue weighted by molar-refractivity contribution is -0.137. The van der Waals surface area contributed by atoms with Crippen molar-refractivity contribution in [1.29, 1.82) is 0 Å². The van der Waals surface area contributed by atoms with Gasteiger partial charge in [0.2, 0.25) is 0 Å². The van der Waals surface area contributed by atoms with Gasteiger partial charge in [-0.25, -0.2) is 4.79 Å². The minimum atomic E-state index is -0.906. The summed E-state index contributed by atoms with van der Waals surface area (Å²) in [6, 6.07) is 7.37. The Kier molecular flexibility index (Phi) is 6.35. The number of carbonyl (C=O) groups excluding carboxylic acids is 1. The zero-order valence-electron chi connectivity index (χ0n) is 10.7. The summed E-state index contributed by atoms with van der Waals surface area (Å²) in [5, 5.41) is 11.4. The Morgan fingerprint density at radius 2 is 2.05 bits per heavy atom. The van der Waals surface area contributed by atoms with E-state index in [0.717, 1.165) is 10.0 Å². The largest absolute Gasteiger partial charge is 0.481 e. The molecule has 0 unspecified atom stereocenters. The van der Waals surface area contributed by atoms with Crippen LogP contribution in [0.2, 0.25) is 0 Å². The average Bonchev–Trinajstić information content (AvgIpc) is 2.38. The minimum Gasteiger partial charge on any atom is -0.481 e. The van der Waals surface area contributed by atoms with E-state index >= 15 is 0 Å². The highest BCUT2D eigenvalue weighted by Crippen LogP contribution is 2.15. The molecule has 0 radical (unpaired) electrons. The molecule has 6 heteroatoms. The molecule has 5 nitrogen and oxygen atoms in total. The molecule has 0 bridgehead atoms. The fourth-order valence-electron chi connectivity index (χ4n) is 1.56. The number of urea groups is 1. The number of amides is 2. The third-order valence-electron chi connectivity index (χ3n) is 2.65. The number of hydrogen-bond acceptors (Lipinski definition) is 2. The van der Waals surface area contributed by atoms with Crippen LogP contribution < -0.4 is 5.32 Å². The molecule has 0 aliphatic rings. The Morgan fingerprint density at radius 3 is 2.63 bits per heavy atom. The molecule has 0 spiro atoms. The van der Waals surface area contributed by atoms with Gasteiger partial charge in [-0.05, 0) is 18.6 Å². The standard InChI is InChI=1S/C13H17BrN2O3/c1-2-16(8-7-12(17)18)13(19)15-9-10-5-3-4-6-11(10)14/h3-6H,2,7-9H2,1H3,(H,15,19)(H,17,18). The van der Waals surface area contributed by atoms with E-state index < -0.39 is 5.97 Å². The van der Waals surface area contributed by atoms with Gasteiger partial charge >= 0.3 is 12.0 Å². The summed E-state index contributed by atoms with van der Waals surface area (Å²) in [5.74, 6) is -0.906. The average molecular weight is 329 g/mol. The van der Waals surface area contributed by atoms with Gasteiger partial charge in [-0.15, -0.1) is 0 Å². The van der Waals surface area contributed by atoms with Crippen molar-refractivity contribution in [3.63, 3.8) is 0 Å². The highest BCUT2D eigenvalue weighted by molar-refractivity contribution is 9.10. The summed E-state index contributed by atoms with van der Waals surface area (Å²) in [4.78, 5) is 23.9. The van der Waals surface area contributed by atoms with Gasteiger partial charge in [0.25, 0.3) is 0 Å². The fraction of sp³-hybridized carbons (Fsp3) is 0.385. The Balaban J connectivity index is 2.49. The molecule has 1 aromatic carbocycles. The van der Waals surface area contributed by atoms with Gasteiger partial charge < -0.3 is 15.3 Å². The van der Waals surface area contributed by atoms with Crippen molar-refractivity contribution in [2.75, 3.05) is 13.1 Å². The maximum atomic E-state index is 11.9. The number of benzene rings is 1. The summed E-state index contributed by atoms with van der Waals surface area (Å²) in [6.45, 7) is 2.92. The van der Waals surface area contributed by atoms with Crippen LogP contribution in [0.3, 0.4) is 0 Å². The molecule has 2 N–H and O–H groups in total. The van der Waals surface area contributed by atoms with Gasteiger partial charge in [0, 0.05) is 24.1 Å². The topological polar surface area (TPSA) is 69.6 Å². The van der Waals surface area contributed by atoms with Gasteiger partial charge in [0.05, 0.1) is 6.42 Å². The normalized spacial score (nSPS) is 10.0. The van der Waals surface area contributed by atoms with Crippen LogP contribution in [-0.2, 0) is 11.3 Å². The second-order valence-corrected chi connectivity index (χ2v) is 4.83. The van der Waals surface area contributed by atoms with Crippen LogP contribution in [0, 0.1) is 0 Å². The maximum Gasteiger partial charge on any atom is 0.317 e. The third kappa shape index (κ3) is 5.30. The molecular formula is C13H17BrN2O3. The minimum absolute atomic E-state index is 0.0453. The van der Waals surface area contributed by atoms with Crippen molar-refractivity contribution in [2.45, 2.75) is 19.9 Å². The van der Waals surface area contributed by atoms with E-state index in [0.29, 0.717) is 13.1 Å². The van der Waals surface area contributed by atoms with Crippen molar-refractivity contribution in [2.24, 2.45) is 0 Å². The number of nitrogens with one attached hydrogen (secondary N) is 1. The number of aliphatic carboxylic acids is 1. The van der Waals surface area contributed by atoms with E-state index in [-0.39, 0.29) is 19.0 Å². The molecule has 0 saturated heterocycles. The van der Waals surface area contributed by atoms with Crippen LogP contribution in [0.5, 0.6) is 0 Å². The van der Waals surface area contributed by atoms with Gasteiger partial charge in [-0.1, -0.05) is 34.1 Å². The van der Waals surface area contributed by atoms with Crippen LogP contribution in [0.15, 0.2) is 28.7 Å². The van der Waals surface area contributed by atoms with Crippen LogP contribution in [0.4, 0.5) is 4.79 Å². The summed E-state index contributed by atoms with van der Waals surface area (Å²) in [6.07, 6.45) is -0.0453. The Labute approximate surface area is 120 Å². The highest BCUT2D eigenvalue weighted by atomic mass is 79.9. The number of hydrogen-bond donors (Lipinski definition) is 2. The molecule has 1 rings (SSSR count). The first kappa shape index (κ1) is 15.5. The van der Waals surface area contributed by atoms with E-state index in [2.05, 4.69) is 21.2 Å². The van der Waals surface area contributed by atoms with Crippen molar-refractivity contribution in [3.05, 3.63) is 34.3 Å². The SMILES string of the molecule is CCN(CCC(=O)O)C(=O)NCc1ccccc1Br. The molecule has 0 aliphatic heterocycles. The van der Waals surface area contributed by atoms with Gasteiger partial charge in [0.15, 0.2) is 0 Å². The molecule has 104 valence electrons. The zero-order chi connectivity index (χ0) is 14.3. The van der Waals surface area contributed by atoms with Crippen molar-refractivity contribution in [1.82, 2.24) is 10.2 Å². The van der Waals surface area contributed by atoms with E-state index in [4.69, 9.17) is 5.11 Å². The van der Waals surface area contributed by atoms with Crippen LogP contribution in [0.1, 0.15) is 18.9 Å². The Hall–Kier alpha value is -1.56. The molecule has 1 aromatic rings. The number of carboxylic acids is 1. The van der Waals surface area contributed by atoms with E-state index in [1.54, 1.807) is 0 Å². The van der Waals surface area contributed by atoms with Crippen molar-refractivity contribution < 1.29 is 14.7 Å². The first-order valence-corrected chi connectivity index (χ1v) is 6.82. The molecule has 0 heterocycles. The van der Waals surface area contributed by atoms with E-state index in [1.807, 2.05) is 31.2 Å². The number of nitrogens with zero attached hydrogens (tertiary/aromatic N) is 1. The van der Waals surface area contributed by atoms with Gasteiger partial charge in [-0.3, -0.25) is 4.79 Å². The highest BCUT2D eigenvalue weighted by Gasteiger charge is 2.12. The second-order valence-electron chi connectivity index (χ2n) is 3.97. The second kappa shape index (κ2) is 7.78. The lowest BCUT2D eigenvalue weighted by Gasteiger charge is -2.20. The number of halogens is 1. The molecule has 0 aromatic heterocycles. The predicted octanol–water partition coefficient (Wildman–Crippen LogP) is 2.46. The number of rotatable bonds is 6. The number of carbonyl (C=O) groups is 2. The van der Waals surface area contributed by atoms with E-state index in [1.165, 1.54) is 4.90 Å². The summed E-state index contributed by atoms with van der Waals surface area (Å²) < 4.78 is 0.934. The summed E-state index contributed by atoms with van der Waals surface area (Å²) in [5.41, 5.74) is 0.977. The molecule has 0 saturated carbocycles. The predicted molar refractivity (Wildman–Crippen MR) is 75.9 cm³/mol.